The largest absolute Gasteiger partial charge is 0.369 e. The molecule has 1 atom stereocenters. The molecule has 5 nitrogen and oxygen atoms in total. The third-order valence-corrected chi connectivity index (χ3v) is 7.93. The van der Waals surface area contributed by atoms with Gasteiger partial charge in [-0.3, -0.25) is 14.7 Å². The Bertz CT molecular complexity index is 1270. The third kappa shape index (κ3) is 4.99. The van der Waals surface area contributed by atoms with Gasteiger partial charge in [0.2, 0.25) is 0 Å². The van der Waals surface area contributed by atoms with Crippen LogP contribution in [0.2, 0.25) is 0 Å². The van der Waals surface area contributed by atoms with E-state index in [0.29, 0.717) is 5.56 Å². The Hall–Kier alpha value is -3.48. The average Bonchev–Trinajstić information content (AvgIpc) is 3.19. The first-order chi connectivity index (χ1) is 17.1. The molecule has 35 heavy (non-hydrogen) atoms. The monoisotopic (exact) mass is 482 g/mol. The number of hydrogen-bond donors (Lipinski definition) is 1. The number of nitrogens with one attached hydrogen (secondary N) is 1. The van der Waals surface area contributed by atoms with Gasteiger partial charge in [-0.25, -0.2) is 0 Å². The Labute approximate surface area is 211 Å². The maximum Gasteiger partial charge on any atom is 0.256 e. The topological polar surface area (TPSA) is 48.5 Å². The van der Waals surface area contributed by atoms with Gasteiger partial charge >= 0.3 is 0 Å². The number of aryl methyl sites for hydroxylation is 1. The van der Waals surface area contributed by atoms with Gasteiger partial charge in [-0.15, -0.1) is 11.3 Å². The molecule has 0 saturated carbocycles. The van der Waals surface area contributed by atoms with Crippen LogP contribution in [0.5, 0.6) is 0 Å². The second-order valence-corrected chi connectivity index (χ2v) is 10.1. The molecule has 0 spiro atoms. The fourth-order valence-electron chi connectivity index (χ4n) is 4.81. The minimum atomic E-state index is -0.0736. The summed E-state index contributed by atoms with van der Waals surface area (Å²) in [5.41, 5.74) is 5.57. The number of benzene rings is 2. The van der Waals surface area contributed by atoms with Crippen LogP contribution in [0.15, 0.2) is 85.2 Å². The molecule has 3 heterocycles. The molecule has 1 aliphatic rings. The van der Waals surface area contributed by atoms with Gasteiger partial charge in [-0.05, 0) is 61.4 Å². The fourth-order valence-corrected chi connectivity index (χ4v) is 5.90. The van der Waals surface area contributed by atoms with Gasteiger partial charge in [0.25, 0.3) is 5.91 Å². The Morgan fingerprint density at radius 2 is 1.51 bits per heavy atom. The Morgan fingerprint density at radius 3 is 2.17 bits per heavy atom. The van der Waals surface area contributed by atoms with E-state index in [1.165, 1.54) is 27.3 Å². The first-order valence-corrected chi connectivity index (χ1v) is 12.8. The van der Waals surface area contributed by atoms with Crippen molar-refractivity contribution in [3.8, 4) is 0 Å². The Balaban J connectivity index is 1.47. The second-order valence-electron chi connectivity index (χ2n) is 8.89. The van der Waals surface area contributed by atoms with E-state index in [4.69, 9.17) is 0 Å². The summed E-state index contributed by atoms with van der Waals surface area (Å²) in [6.07, 6.45) is 3.72. The number of thiophene rings is 1. The van der Waals surface area contributed by atoms with E-state index in [1.54, 1.807) is 11.3 Å². The highest BCUT2D eigenvalue weighted by molar-refractivity contribution is 7.16. The van der Waals surface area contributed by atoms with Crippen LogP contribution in [-0.2, 0) is 0 Å². The molecule has 0 radical (unpaired) electrons. The normalized spacial score (nSPS) is 15.1. The first-order valence-electron chi connectivity index (χ1n) is 12.0. The predicted octanol–water partition coefficient (Wildman–Crippen LogP) is 5.92. The molecule has 2 aromatic carbocycles. The standard InChI is InChI=1S/C29H30N4OS/c1-21-22(2)35-29(31-28(34)24-9-5-3-6-10-24)26(21)27(23-13-15-30-16-14-23)33-19-17-32(18-20-33)25-11-7-4-8-12-25/h3-16,27H,17-20H2,1-2H3,(H,31,34). The number of amides is 1. The van der Waals surface area contributed by atoms with Crippen LogP contribution in [-0.4, -0.2) is 42.0 Å². The zero-order chi connectivity index (χ0) is 24.2. The van der Waals surface area contributed by atoms with E-state index in [0.717, 1.165) is 31.2 Å². The number of carbonyl (C=O) groups is 1. The van der Waals surface area contributed by atoms with Crippen molar-refractivity contribution in [2.75, 3.05) is 36.4 Å². The molecule has 5 rings (SSSR count). The predicted molar refractivity (Wildman–Crippen MR) is 144 cm³/mol. The lowest BCUT2D eigenvalue weighted by molar-refractivity contribution is 0.102. The van der Waals surface area contributed by atoms with Crippen LogP contribution in [0.4, 0.5) is 10.7 Å². The number of anilines is 2. The summed E-state index contributed by atoms with van der Waals surface area (Å²) < 4.78 is 0. The number of carbonyl (C=O) groups excluding carboxylic acids is 1. The number of pyridine rings is 1. The van der Waals surface area contributed by atoms with Gasteiger partial charge in [-0.1, -0.05) is 36.4 Å². The maximum absolute atomic E-state index is 13.1. The van der Waals surface area contributed by atoms with Crippen molar-refractivity contribution >= 4 is 27.9 Å². The molecular weight excluding hydrogens is 452 g/mol. The summed E-state index contributed by atoms with van der Waals surface area (Å²) in [6.45, 7) is 8.09. The number of nitrogens with zero attached hydrogens (tertiary/aromatic N) is 3. The smallest absolute Gasteiger partial charge is 0.256 e. The van der Waals surface area contributed by atoms with Crippen molar-refractivity contribution < 1.29 is 4.79 Å². The lowest BCUT2D eigenvalue weighted by atomic mass is 9.95. The van der Waals surface area contributed by atoms with Gasteiger partial charge in [0.1, 0.15) is 5.00 Å². The maximum atomic E-state index is 13.1. The van der Waals surface area contributed by atoms with Crippen LogP contribution < -0.4 is 10.2 Å². The molecule has 178 valence electrons. The van der Waals surface area contributed by atoms with Gasteiger partial charge < -0.3 is 10.2 Å². The molecule has 4 aromatic rings. The summed E-state index contributed by atoms with van der Waals surface area (Å²) in [7, 11) is 0. The SMILES string of the molecule is Cc1sc(NC(=O)c2ccccc2)c(C(c2ccncc2)N2CCN(c3ccccc3)CC2)c1C. The van der Waals surface area contributed by atoms with Crippen molar-refractivity contribution in [2.45, 2.75) is 19.9 Å². The van der Waals surface area contributed by atoms with Crippen molar-refractivity contribution in [1.82, 2.24) is 9.88 Å². The van der Waals surface area contributed by atoms with E-state index in [9.17, 15) is 4.79 Å². The Morgan fingerprint density at radius 1 is 0.886 bits per heavy atom. The number of aromatic nitrogens is 1. The van der Waals surface area contributed by atoms with Crippen LogP contribution >= 0.6 is 11.3 Å². The molecular formula is C29H30N4OS. The van der Waals surface area contributed by atoms with E-state index >= 15 is 0 Å². The minimum Gasteiger partial charge on any atom is -0.369 e. The van der Waals surface area contributed by atoms with Gasteiger partial charge in [0.15, 0.2) is 0 Å². The van der Waals surface area contributed by atoms with Crippen LogP contribution in [0.25, 0.3) is 0 Å². The summed E-state index contributed by atoms with van der Waals surface area (Å²) in [4.78, 5) is 23.6. The molecule has 0 bridgehead atoms. The summed E-state index contributed by atoms with van der Waals surface area (Å²) in [5, 5.41) is 4.17. The highest BCUT2D eigenvalue weighted by Crippen LogP contribution is 2.42. The molecule has 6 heteroatoms. The molecule has 1 aliphatic heterocycles. The van der Waals surface area contributed by atoms with E-state index in [2.05, 4.69) is 76.4 Å². The van der Waals surface area contributed by atoms with Gasteiger partial charge in [-0.2, -0.15) is 0 Å². The quantitative estimate of drug-likeness (QED) is 0.370. The molecule has 1 unspecified atom stereocenters. The van der Waals surface area contributed by atoms with E-state index in [-0.39, 0.29) is 11.9 Å². The number of piperazine rings is 1. The zero-order valence-corrected chi connectivity index (χ0v) is 21.0. The van der Waals surface area contributed by atoms with Crippen molar-refractivity contribution in [3.63, 3.8) is 0 Å². The summed E-state index contributed by atoms with van der Waals surface area (Å²) in [5.74, 6) is -0.0736. The first kappa shape index (κ1) is 23.3. The number of para-hydroxylation sites is 1. The van der Waals surface area contributed by atoms with Crippen molar-refractivity contribution in [1.29, 1.82) is 0 Å². The van der Waals surface area contributed by atoms with Crippen LogP contribution in [0, 0.1) is 13.8 Å². The summed E-state index contributed by atoms with van der Waals surface area (Å²) >= 11 is 1.66. The van der Waals surface area contributed by atoms with Crippen molar-refractivity contribution in [2.24, 2.45) is 0 Å². The number of hydrogen-bond acceptors (Lipinski definition) is 5. The summed E-state index contributed by atoms with van der Waals surface area (Å²) in [6, 6.07) is 24.3. The average molecular weight is 483 g/mol. The molecule has 1 fully saturated rings. The molecule has 1 N–H and O–H groups in total. The lowest BCUT2D eigenvalue weighted by Gasteiger charge is -2.41. The van der Waals surface area contributed by atoms with Crippen LogP contribution in [0.3, 0.4) is 0 Å². The second kappa shape index (κ2) is 10.4. The lowest BCUT2D eigenvalue weighted by Crippen LogP contribution is -2.48. The third-order valence-electron chi connectivity index (χ3n) is 6.79. The van der Waals surface area contributed by atoms with E-state index in [1.807, 2.05) is 42.7 Å². The highest BCUT2D eigenvalue weighted by Gasteiger charge is 2.31. The minimum absolute atomic E-state index is 0.0481. The highest BCUT2D eigenvalue weighted by atomic mass is 32.1. The molecule has 1 amide bonds. The van der Waals surface area contributed by atoms with Crippen molar-refractivity contribution in [3.05, 3.63) is 112 Å². The fraction of sp³-hybridized carbons (Fsp3) is 0.241. The Kier molecular flexibility index (Phi) is 6.93. The van der Waals surface area contributed by atoms with Crippen LogP contribution in [0.1, 0.15) is 38.0 Å². The molecule has 0 aliphatic carbocycles. The molecule has 2 aromatic heterocycles. The van der Waals surface area contributed by atoms with Gasteiger partial charge in [0, 0.05) is 60.3 Å². The zero-order valence-electron chi connectivity index (χ0n) is 20.1. The van der Waals surface area contributed by atoms with Gasteiger partial charge in [0.05, 0.1) is 6.04 Å². The van der Waals surface area contributed by atoms with E-state index < -0.39 is 0 Å². The molecule has 1 saturated heterocycles. The number of rotatable bonds is 6.